The lowest BCUT2D eigenvalue weighted by Gasteiger charge is -2.36. The Bertz CT molecular complexity index is 1250. The van der Waals surface area contributed by atoms with Gasteiger partial charge in [0.1, 0.15) is 10.3 Å². The molecule has 2 aromatic heterocycles. The minimum absolute atomic E-state index is 0.169. The monoisotopic (exact) mass is 526 g/mol. The summed E-state index contributed by atoms with van der Waals surface area (Å²) in [6.45, 7) is 3.41. The summed E-state index contributed by atoms with van der Waals surface area (Å²) in [5.74, 6) is -0.224. The minimum atomic E-state index is -3.82. The summed E-state index contributed by atoms with van der Waals surface area (Å²) in [5, 5.41) is 0.601. The number of carbonyl (C=O) groups excluding carboxylic acids is 1. The van der Waals surface area contributed by atoms with Crippen molar-refractivity contribution >= 4 is 65.6 Å². The first-order chi connectivity index (χ1) is 15.7. The van der Waals surface area contributed by atoms with Crippen LogP contribution in [0.3, 0.4) is 0 Å². The van der Waals surface area contributed by atoms with Crippen LogP contribution in [0.5, 0.6) is 0 Å². The number of carbonyl (C=O) groups is 1. The number of hydrogen-bond acceptors (Lipinski definition) is 7. The highest BCUT2D eigenvalue weighted by atomic mass is 35.5. The van der Waals surface area contributed by atoms with Gasteiger partial charge in [-0.1, -0.05) is 35.4 Å². The molecule has 0 spiro atoms. The summed E-state index contributed by atoms with van der Waals surface area (Å²) >= 11 is 8.49. The van der Waals surface area contributed by atoms with Crippen LogP contribution < -0.4 is 4.90 Å². The number of likely N-dealkylation sites (N-methyl/N-ethyl adjacent to an activating group) is 1. The normalized spacial score (nSPS) is 17.7. The maximum absolute atomic E-state index is 13.9. The zero-order valence-electron chi connectivity index (χ0n) is 18.8. The molecule has 1 aliphatic heterocycles. The topological polar surface area (TPSA) is 73.8 Å². The molecule has 1 aliphatic rings. The molecule has 1 unspecified atom stereocenters. The molecule has 0 bridgehead atoms. The van der Waals surface area contributed by atoms with Crippen molar-refractivity contribution < 1.29 is 13.2 Å². The molecular weight excluding hydrogens is 500 g/mol. The average molecular weight is 527 g/mol. The predicted molar refractivity (Wildman–Crippen MR) is 136 cm³/mol. The standard InChI is InChI=1S/C22H27ClN4O3S3/c1-15-7-8-16-18(14-15)31-22(24-16)26(13-12-25(2)3)21(28)17-6-4-5-11-27(17)33(29,30)20-10-9-19(23)32-20/h7-10,14,17H,4-6,11-13H2,1-3H3. The summed E-state index contributed by atoms with van der Waals surface area (Å²) in [7, 11) is 0.0733. The Morgan fingerprint density at radius 2 is 1.97 bits per heavy atom. The van der Waals surface area contributed by atoms with Crippen LogP contribution in [0.1, 0.15) is 24.8 Å². The van der Waals surface area contributed by atoms with Gasteiger partial charge in [0.25, 0.3) is 10.0 Å². The Morgan fingerprint density at radius 3 is 2.67 bits per heavy atom. The van der Waals surface area contributed by atoms with Gasteiger partial charge in [0.2, 0.25) is 5.91 Å². The van der Waals surface area contributed by atoms with E-state index < -0.39 is 16.1 Å². The molecule has 1 fully saturated rings. The minimum Gasteiger partial charge on any atom is -0.308 e. The largest absolute Gasteiger partial charge is 0.308 e. The Labute approximate surface area is 207 Å². The smallest absolute Gasteiger partial charge is 0.253 e. The quantitative estimate of drug-likeness (QED) is 0.454. The first-order valence-corrected chi connectivity index (χ1v) is 14.2. The van der Waals surface area contributed by atoms with E-state index >= 15 is 0 Å². The zero-order valence-corrected chi connectivity index (χ0v) is 22.0. The van der Waals surface area contributed by atoms with E-state index in [9.17, 15) is 13.2 Å². The van der Waals surface area contributed by atoms with Crippen LogP contribution >= 0.6 is 34.3 Å². The second-order valence-electron chi connectivity index (χ2n) is 8.45. The van der Waals surface area contributed by atoms with E-state index in [-0.39, 0.29) is 10.1 Å². The summed E-state index contributed by atoms with van der Waals surface area (Å²) in [4.78, 5) is 22.3. The number of thiophene rings is 1. The highest BCUT2D eigenvalue weighted by molar-refractivity contribution is 7.91. The number of halogens is 1. The van der Waals surface area contributed by atoms with Crippen LogP contribution in [0.25, 0.3) is 10.2 Å². The van der Waals surface area contributed by atoms with Gasteiger partial charge in [0, 0.05) is 19.6 Å². The van der Waals surface area contributed by atoms with Gasteiger partial charge in [-0.15, -0.1) is 11.3 Å². The number of sulfonamides is 1. The number of amides is 1. The Morgan fingerprint density at radius 1 is 1.18 bits per heavy atom. The van der Waals surface area contributed by atoms with Crippen molar-refractivity contribution in [2.75, 3.05) is 38.6 Å². The van der Waals surface area contributed by atoms with E-state index in [2.05, 4.69) is 6.07 Å². The molecular formula is C22H27ClN4O3S3. The number of fused-ring (bicyclic) bond motifs is 1. The third-order valence-corrected chi connectivity index (χ3v) is 10.3. The number of benzene rings is 1. The summed E-state index contributed by atoms with van der Waals surface area (Å²) in [6, 6.07) is 8.34. The third kappa shape index (κ3) is 5.26. The van der Waals surface area contributed by atoms with Crippen molar-refractivity contribution in [1.29, 1.82) is 0 Å². The van der Waals surface area contributed by atoms with E-state index in [1.165, 1.54) is 21.7 Å². The lowest BCUT2D eigenvalue weighted by atomic mass is 10.0. The van der Waals surface area contributed by atoms with E-state index in [1.807, 2.05) is 38.1 Å². The molecule has 178 valence electrons. The molecule has 3 heterocycles. The fourth-order valence-corrected chi connectivity index (χ4v) is 8.26. The Kier molecular flexibility index (Phi) is 7.42. The van der Waals surface area contributed by atoms with Gasteiger partial charge in [-0.25, -0.2) is 13.4 Å². The second kappa shape index (κ2) is 9.97. The fourth-order valence-electron chi connectivity index (χ4n) is 3.91. The first-order valence-electron chi connectivity index (χ1n) is 10.8. The van der Waals surface area contributed by atoms with E-state index in [0.29, 0.717) is 35.5 Å². The molecule has 0 aliphatic carbocycles. The Hall–Kier alpha value is -1.56. The van der Waals surface area contributed by atoms with Crippen molar-refractivity contribution in [3.63, 3.8) is 0 Å². The number of rotatable bonds is 7. The fraction of sp³-hybridized carbons (Fsp3) is 0.455. The maximum Gasteiger partial charge on any atom is 0.253 e. The molecule has 1 atom stereocenters. The van der Waals surface area contributed by atoms with Crippen molar-refractivity contribution in [3.05, 3.63) is 40.2 Å². The number of piperidine rings is 1. The second-order valence-corrected chi connectivity index (χ2v) is 13.3. The molecule has 3 aromatic rings. The van der Waals surface area contributed by atoms with Gasteiger partial charge < -0.3 is 4.90 Å². The van der Waals surface area contributed by atoms with Crippen LogP contribution in [0.2, 0.25) is 4.34 Å². The number of hydrogen-bond donors (Lipinski definition) is 0. The highest BCUT2D eigenvalue weighted by Gasteiger charge is 2.41. The van der Waals surface area contributed by atoms with Crippen molar-refractivity contribution in [2.24, 2.45) is 0 Å². The van der Waals surface area contributed by atoms with Gasteiger partial charge in [0.15, 0.2) is 5.13 Å². The Balaban J connectivity index is 1.70. The predicted octanol–water partition coefficient (Wildman–Crippen LogP) is 4.46. The number of anilines is 1. The summed E-state index contributed by atoms with van der Waals surface area (Å²) in [6.07, 6.45) is 2.01. The van der Waals surface area contributed by atoms with Gasteiger partial charge >= 0.3 is 0 Å². The SMILES string of the molecule is Cc1ccc2nc(N(CCN(C)C)C(=O)C3CCCCN3S(=O)(=O)c3ccc(Cl)s3)sc2c1. The van der Waals surface area contributed by atoms with Gasteiger partial charge in [-0.3, -0.25) is 9.69 Å². The molecule has 33 heavy (non-hydrogen) atoms. The molecule has 1 saturated heterocycles. The van der Waals surface area contributed by atoms with Crippen LogP contribution in [0.4, 0.5) is 5.13 Å². The molecule has 1 amide bonds. The average Bonchev–Trinajstić information content (AvgIpc) is 3.39. The highest BCUT2D eigenvalue weighted by Crippen LogP contribution is 2.34. The number of aryl methyl sites for hydroxylation is 1. The number of nitrogens with zero attached hydrogens (tertiary/aromatic N) is 4. The van der Waals surface area contributed by atoms with Crippen LogP contribution in [0.15, 0.2) is 34.5 Å². The molecule has 1 aromatic carbocycles. The van der Waals surface area contributed by atoms with Crippen LogP contribution in [-0.4, -0.2) is 68.3 Å². The summed E-state index contributed by atoms with van der Waals surface area (Å²) < 4.78 is 29.8. The van der Waals surface area contributed by atoms with Crippen LogP contribution in [-0.2, 0) is 14.8 Å². The van der Waals surface area contributed by atoms with Gasteiger partial charge in [-0.2, -0.15) is 4.31 Å². The van der Waals surface area contributed by atoms with Crippen molar-refractivity contribution in [3.8, 4) is 0 Å². The maximum atomic E-state index is 13.9. The van der Waals surface area contributed by atoms with Gasteiger partial charge in [0.05, 0.1) is 14.6 Å². The van der Waals surface area contributed by atoms with E-state index in [4.69, 9.17) is 16.6 Å². The number of thiazole rings is 1. The summed E-state index contributed by atoms with van der Waals surface area (Å²) in [5.41, 5.74) is 1.97. The third-order valence-electron chi connectivity index (χ3n) is 5.65. The molecule has 7 nitrogen and oxygen atoms in total. The molecule has 0 radical (unpaired) electrons. The van der Waals surface area contributed by atoms with Crippen LogP contribution in [0, 0.1) is 6.92 Å². The lowest BCUT2D eigenvalue weighted by molar-refractivity contribution is -0.123. The molecule has 0 N–H and O–H groups in total. The first kappa shape index (κ1) is 24.6. The lowest BCUT2D eigenvalue weighted by Crippen LogP contribution is -2.53. The van der Waals surface area contributed by atoms with Crippen molar-refractivity contribution in [2.45, 2.75) is 36.4 Å². The van der Waals surface area contributed by atoms with E-state index in [1.54, 1.807) is 11.0 Å². The molecule has 0 saturated carbocycles. The molecule has 11 heteroatoms. The van der Waals surface area contributed by atoms with E-state index in [0.717, 1.165) is 40.0 Å². The van der Waals surface area contributed by atoms with Crippen molar-refractivity contribution in [1.82, 2.24) is 14.2 Å². The zero-order chi connectivity index (χ0) is 23.8. The molecule has 4 rings (SSSR count). The van der Waals surface area contributed by atoms with Gasteiger partial charge in [-0.05, 0) is 63.7 Å². The number of aromatic nitrogens is 1.